The Hall–Kier alpha value is -3.90. The van der Waals surface area contributed by atoms with Gasteiger partial charge in [-0.05, 0) is 77.4 Å². The van der Waals surface area contributed by atoms with Gasteiger partial charge in [-0.15, -0.1) is 0 Å². The molecule has 1 amide bonds. The fourth-order valence-electron chi connectivity index (χ4n) is 5.87. The lowest BCUT2D eigenvalue weighted by Gasteiger charge is -2.26. The van der Waals surface area contributed by atoms with Crippen molar-refractivity contribution in [1.82, 2.24) is 9.88 Å². The summed E-state index contributed by atoms with van der Waals surface area (Å²) in [4.78, 5) is 18.8. The molecule has 44 heavy (non-hydrogen) atoms. The molecule has 0 bridgehead atoms. The number of carbonyl (C=O) groups excluding carboxylic acids is 1. The highest BCUT2D eigenvalue weighted by molar-refractivity contribution is 5.77. The molecule has 2 aliphatic rings. The summed E-state index contributed by atoms with van der Waals surface area (Å²) in [5.41, 5.74) is -1.88. The minimum Gasteiger partial charge on any atom is -0.481 e. The van der Waals surface area contributed by atoms with Crippen LogP contribution in [0.25, 0.3) is 11.1 Å². The maximum atomic E-state index is 14.2. The molecule has 5 nitrogen and oxygen atoms in total. The highest BCUT2D eigenvalue weighted by Crippen LogP contribution is 2.51. The van der Waals surface area contributed by atoms with Gasteiger partial charge >= 0.3 is 18.4 Å². The Kier molecular flexibility index (Phi) is 7.82. The topological polar surface area (TPSA) is 51.7 Å². The molecule has 2 aliphatic heterocycles. The van der Waals surface area contributed by atoms with Crippen molar-refractivity contribution in [1.29, 1.82) is 0 Å². The third-order valence-electron chi connectivity index (χ3n) is 8.10. The fourth-order valence-corrected chi connectivity index (χ4v) is 5.87. The lowest BCUT2D eigenvalue weighted by atomic mass is 9.90. The molecular weight excluding hydrogens is 600 g/mol. The molecule has 1 aromatic heterocycles. The van der Waals surface area contributed by atoms with Gasteiger partial charge in [0.2, 0.25) is 5.88 Å². The van der Waals surface area contributed by atoms with Crippen LogP contribution in [0.2, 0.25) is 0 Å². The Bertz CT molecular complexity index is 1550. The van der Waals surface area contributed by atoms with Crippen LogP contribution in [0, 0.1) is 0 Å². The minimum absolute atomic E-state index is 0.0167. The number of carbonyl (C=O) groups is 1. The highest BCUT2D eigenvalue weighted by atomic mass is 19.4. The third-order valence-corrected chi connectivity index (χ3v) is 8.10. The first-order valence-corrected chi connectivity index (χ1v) is 13.7. The van der Waals surface area contributed by atoms with Crippen LogP contribution in [0.1, 0.15) is 85.1 Å². The Labute approximate surface area is 247 Å². The van der Waals surface area contributed by atoms with Crippen LogP contribution in [0.5, 0.6) is 5.88 Å². The van der Waals surface area contributed by atoms with Gasteiger partial charge in [0.15, 0.2) is 0 Å². The molecule has 2 aromatic carbocycles. The second-order valence-corrected chi connectivity index (χ2v) is 11.4. The molecule has 3 aromatic rings. The van der Waals surface area contributed by atoms with Gasteiger partial charge in [0.05, 0.1) is 30.3 Å². The van der Waals surface area contributed by atoms with Crippen molar-refractivity contribution >= 4 is 6.09 Å². The standard InChI is InChI=1S/C31H28F8N2O3/c1-15(2)17-11-23(27(43-4)40-14-17)21-6-5-18(30(34,35)36)13-22(21)24-7-8-25-26(44-28(42)41(24)25)16-9-19(29(3,32)33)12-20(10-16)31(37,38)39/h5-6,9-15,24-26H,7-8H2,1-4H3/t24-,25-,26+/m0/s1. The zero-order valence-corrected chi connectivity index (χ0v) is 24.0. The molecule has 0 N–H and O–H groups in total. The molecule has 0 radical (unpaired) electrons. The second-order valence-electron chi connectivity index (χ2n) is 11.4. The Morgan fingerprint density at radius 1 is 0.886 bits per heavy atom. The number of hydrogen-bond acceptors (Lipinski definition) is 4. The van der Waals surface area contributed by atoms with Gasteiger partial charge in [0.1, 0.15) is 6.10 Å². The van der Waals surface area contributed by atoms with Crippen LogP contribution in [-0.2, 0) is 23.0 Å². The van der Waals surface area contributed by atoms with Crippen LogP contribution < -0.4 is 4.74 Å². The zero-order valence-electron chi connectivity index (χ0n) is 24.0. The van der Waals surface area contributed by atoms with Gasteiger partial charge < -0.3 is 9.47 Å². The van der Waals surface area contributed by atoms with Crippen molar-refractivity contribution in [3.63, 3.8) is 0 Å². The molecule has 0 aliphatic carbocycles. The summed E-state index contributed by atoms with van der Waals surface area (Å²) in [6.45, 7) is 4.28. The third kappa shape index (κ3) is 5.80. The number of amides is 1. The Morgan fingerprint density at radius 2 is 1.55 bits per heavy atom. The summed E-state index contributed by atoms with van der Waals surface area (Å²) in [5.74, 6) is -3.46. The van der Waals surface area contributed by atoms with E-state index in [2.05, 4.69) is 4.98 Å². The van der Waals surface area contributed by atoms with E-state index in [0.717, 1.165) is 23.8 Å². The van der Waals surface area contributed by atoms with E-state index in [4.69, 9.17) is 9.47 Å². The average Bonchev–Trinajstić information content (AvgIpc) is 3.51. The molecule has 236 valence electrons. The molecule has 0 saturated carbocycles. The summed E-state index contributed by atoms with van der Waals surface area (Å²) < 4.78 is 122. The maximum Gasteiger partial charge on any atom is 0.416 e. The number of methoxy groups -OCH3 is 1. The normalized spacial score (nSPS) is 20.7. The molecule has 2 saturated heterocycles. The number of ether oxygens (including phenoxy) is 2. The lowest BCUT2D eigenvalue weighted by Crippen LogP contribution is -2.31. The summed E-state index contributed by atoms with van der Waals surface area (Å²) in [7, 11) is 1.36. The number of cyclic esters (lactones) is 1. The first-order chi connectivity index (χ1) is 20.4. The number of rotatable bonds is 6. The van der Waals surface area contributed by atoms with E-state index in [0.29, 0.717) is 30.2 Å². The molecule has 3 heterocycles. The second kappa shape index (κ2) is 10.9. The number of alkyl halides is 8. The quantitative estimate of drug-likeness (QED) is 0.255. The first kappa shape index (κ1) is 31.5. The summed E-state index contributed by atoms with van der Waals surface area (Å²) in [5, 5.41) is 0. The van der Waals surface area contributed by atoms with E-state index >= 15 is 0 Å². The largest absolute Gasteiger partial charge is 0.481 e. The van der Waals surface area contributed by atoms with E-state index in [-0.39, 0.29) is 35.8 Å². The van der Waals surface area contributed by atoms with Crippen molar-refractivity contribution in [3.05, 3.63) is 82.0 Å². The minimum atomic E-state index is -4.96. The molecule has 5 rings (SSSR count). The zero-order chi connectivity index (χ0) is 32.4. The molecule has 3 atom stereocenters. The molecular formula is C31H28F8N2O3. The Morgan fingerprint density at radius 3 is 2.14 bits per heavy atom. The van der Waals surface area contributed by atoms with Crippen LogP contribution in [-0.4, -0.2) is 29.1 Å². The Balaban J connectivity index is 1.62. The van der Waals surface area contributed by atoms with Crippen molar-refractivity contribution in [2.45, 2.75) is 76.0 Å². The molecule has 2 fully saturated rings. The number of nitrogens with zero attached hydrogens (tertiary/aromatic N) is 2. The number of hydrogen-bond donors (Lipinski definition) is 0. The number of halogens is 8. The van der Waals surface area contributed by atoms with Gasteiger partial charge in [-0.3, -0.25) is 4.90 Å². The van der Waals surface area contributed by atoms with E-state index < -0.39 is 59.2 Å². The van der Waals surface area contributed by atoms with Crippen LogP contribution in [0.4, 0.5) is 39.9 Å². The van der Waals surface area contributed by atoms with Crippen LogP contribution in [0.15, 0.2) is 48.7 Å². The van der Waals surface area contributed by atoms with Crippen LogP contribution in [0.3, 0.4) is 0 Å². The fraction of sp³-hybridized carbons (Fsp3) is 0.419. The van der Waals surface area contributed by atoms with Gasteiger partial charge in [-0.1, -0.05) is 19.9 Å². The number of fused-ring (bicyclic) bond motifs is 1. The molecule has 13 heteroatoms. The van der Waals surface area contributed by atoms with Crippen molar-refractivity contribution in [2.24, 2.45) is 0 Å². The summed E-state index contributed by atoms with van der Waals surface area (Å²) >= 11 is 0. The summed E-state index contributed by atoms with van der Waals surface area (Å²) in [6, 6.07) is 4.85. The van der Waals surface area contributed by atoms with Crippen molar-refractivity contribution in [2.75, 3.05) is 7.11 Å². The van der Waals surface area contributed by atoms with Gasteiger partial charge in [0.25, 0.3) is 5.92 Å². The number of pyridine rings is 1. The predicted molar refractivity (Wildman–Crippen MR) is 143 cm³/mol. The van der Waals surface area contributed by atoms with E-state index in [1.54, 1.807) is 12.3 Å². The van der Waals surface area contributed by atoms with Crippen molar-refractivity contribution < 1.29 is 49.4 Å². The van der Waals surface area contributed by atoms with Gasteiger partial charge in [-0.2, -0.15) is 26.3 Å². The van der Waals surface area contributed by atoms with Crippen molar-refractivity contribution in [3.8, 4) is 17.0 Å². The monoisotopic (exact) mass is 628 g/mol. The summed E-state index contributed by atoms with van der Waals surface area (Å²) in [6.07, 6.45) is -10.2. The maximum absolute atomic E-state index is 14.2. The number of aromatic nitrogens is 1. The van der Waals surface area contributed by atoms with Gasteiger partial charge in [-0.25, -0.2) is 18.6 Å². The predicted octanol–water partition coefficient (Wildman–Crippen LogP) is 9.43. The molecule has 0 unspecified atom stereocenters. The van der Waals surface area contributed by atoms with E-state index in [1.165, 1.54) is 18.1 Å². The smallest absolute Gasteiger partial charge is 0.416 e. The van der Waals surface area contributed by atoms with E-state index in [9.17, 15) is 39.9 Å². The van der Waals surface area contributed by atoms with E-state index in [1.807, 2.05) is 13.8 Å². The lowest BCUT2D eigenvalue weighted by molar-refractivity contribution is -0.138. The highest BCUT2D eigenvalue weighted by Gasteiger charge is 2.52. The average molecular weight is 629 g/mol. The number of benzene rings is 2. The first-order valence-electron chi connectivity index (χ1n) is 13.7. The van der Waals surface area contributed by atoms with Gasteiger partial charge in [0, 0.05) is 24.2 Å². The SMILES string of the molecule is COc1ncc(C(C)C)cc1-c1ccc(C(F)(F)F)cc1[C@@H]1CC[C@H]2[C@@H](c3cc(C(C)(F)F)cc(C(F)(F)F)c3)OC(=O)N12. The van der Waals surface area contributed by atoms with Crippen LogP contribution >= 0.6 is 0 Å². The molecule has 0 spiro atoms.